The van der Waals surface area contributed by atoms with Crippen LogP contribution in [0.4, 0.5) is 0 Å². The van der Waals surface area contributed by atoms with Gasteiger partial charge in [0.2, 0.25) is 9.03 Å². The normalized spacial score (nSPS) is 22.4. The fourth-order valence-electron chi connectivity index (χ4n) is 3.56. The number of aryl methyl sites for hydroxylation is 1. The minimum atomic E-state index is -0.466. The Morgan fingerprint density at radius 1 is 1.25 bits per heavy atom. The van der Waals surface area contributed by atoms with Gasteiger partial charge in [0.25, 0.3) is 5.56 Å². The molecule has 4 rings (SSSR count). The summed E-state index contributed by atoms with van der Waals surface area (Å²) < 4.78 is 20.9. The Balaban J connectivity index is 1.32. The molecule has 1 aliphatic rings. The number of aromatic amines is 1. The number of rotatable bonds is 6. The van der Waals surface area contributed by atoms with Gasteiger partial charge in [-0.15, -0.1) is 0 Å². The standard InChI is InChI=1S/C19H22N3O5P/c1-12-10-13(26-18(12)22-9-7-17(23)20-19(22)24)11-25-28-27-16-5-3-4-15-14(16)6-8-21(15)2/h3-9,12-13,18,28H,10-11H2,1-2H3,(H,20,23,24). The summed E-state index contributed by atoms with van der Waals surface area (Å²) in [6, 6.07) is 9.25. The Hall–Kier alpha value is -2.41. The summed E-state index contributed by atoms with van der Waals surface area (Å²) in [5.41, 5.74) is 0.218. The number of hydrogen-bond acceptors (Lipinski definition) is 5. The smallest absolute Gasteiger partial charge is 0.330 e. The van der Waals surface area contributed by atoms with Gasteiger partial charge in [0.05, 0.1) is 18.2 Å². The van der Waals surface area contributed by atoms with E-state index in [1.807, 2.05) is 49.0 Å². The number of benzene rings is 1. The van der Waals surface area contributed by atoms with E-state index in [1.54, 1.807) is 0 Å². The molecule has 1 aromatic carbocycles. The van der Waals surface area contributed by atoms with Crippen LogP contribution in [0.25, 0.3) is 10.9 Å². The zero-order chi connectivity index (χ0) is 19.7. The van der Waals surface area contributed by atoms with Gasteiger partial charge in [-0.3, -0.25) is 14.3 Å². The fourth-order valence-corrected chi connectivity index (χ4v) is 4.14. The van der Waals surface area contributed by atoms with Crippen molar-refractivity contribution < 1.29 is 13.8 Å². The van der Waals surface area contributed by atoms with Crippen molar-refractivity contribution in [2.24, 2.45) is 13.0 Å². The highest BCUT2D eigenvalue weighted by molar-refractivity contribution is 7.26. The number of fused-ring (bicyclic) bond motifs is 1. The van der Waals surface area contributed by atoms with Crippen LogP contribution in [0, 0.1) is 5.92 Å². The molecule has 0 bridgehead atoms. The van der Waals surface area contributed by atoms with E-state index in [9.17, 15) is 9.59 Å². The first-order valence-corrected chi connectivity index (χ1v) is 9.89. The van der Waals surface area contributed by atoms with Gasteiger partial charge in [0.15, 0.2) is 0 Å². The van der Waals surface area contributed by atoms with Crippen molar-refractivity contribution in [1.82, 2.24) is 14.1 Å². The van der Waals surface area contributed by atoms with Crippen LogP contribution in [0.2, 0.25) is 0 Å². The van der Waals surface area contributed by atoms with Crippen molar-refractivity contribution in [3.63, 3.8) is 0 Å². The maximum atomic E-state index is 12.0. The highest BCUT2D eigenvalue weighted by Gasteiger charge is 2.34. The molecule has 4 unspecified atom stereocenters. The Morgan fingerprint density at radius 3 is 2.93 bits per heavy atom. The molecule has 28 heavy (non-hydrogen) atoms. The number of ether oxygens (including phenoxy) is 1. The van der Waals surface area contributed by atoms with Gasteiger partial charge >= 0.3 is 5.69 Å². The fraction of sp³-hybridized carbons (Fsp3) is 0.368. The molecule has 8 nitrogen and oxygen atoms in total. The van der Waals surface area contributed by atoms with Crippen LogP contribution in [0.15, 0.2) is 52.3 Å². The van der Waals surface area contributed by atoms with E-state index in [-0.39, 0.29) is 21.1 Å². The Morgan fingerprint density at radius 2 is 2.11 bits per heavy atom. The second-order valence-electron chi connectivity index (χ2n) is 6.99. The number of hydrogen-bond donors (Lipinski definition) is 1. The quantitative estimate of drug-likeness (QED) is 0.505. The Labute approximate surface area is 163 Å². The van der Waals surface area contributed by atoms with E-state index in [0.29, 0.717) is 6.61 Å². The molecule has 9 heteroatoms. The van der Waals surface area contributed by atoms with Crippen molar-refractivity contribution in [2.45, 2.75) is 25.7 Å². The van der Waals surface area contributed by atoms with Crippen LogP contribution in [0.5, 0.6) is 5.75 Å². The molecule has 148 valence electrons. The Kier molecular flexibility index (Phi) is 5.35. The largest absolute Gasteiger partial charge is 0.449 e. The van der Waals surface area contributed by atoms with Gasteiger partial charge in [-0.1, -0.05) is 13.0 Å². The average Bonchev–Trinajstić information content (AvgIpc) is 3.22. The third-order valence-electron chi connectivity index (χ3n) is 4.95. The van der Waals surface area contributed by atoms with Crippen LogP contribution in [0.1, 0.15) is 19.6 Å². The molecule has 4 atom stereocenters. The zero-order valence-electron chi connectivity index (χ0n) is 15.6. The number of nitrogens with zero attached hydrogens (tertiary/aromatic N) is 2. The maximum Gasteiger partial charge on any atom is 0.330 e. The van der Waals surface area contributed by atoms with E-state index >= 15 is 0 Å². The molecule has 3 aromatic rings. The SMILES string of the molecule is CC1CC(COPOc2cccc3c2ccn3C)OC1n1ccc(=O)[nH]c1=O. The van der Waals surface area contributed by atoms with Crippen molar-refractivity contribution in [1.29, 1.82) is 0 Å². The van der Waals surface area contributed by atoms with E-state index < -0.39 is 17.5 Å². The summed E-state index contributed by atoms with van der Waals surface area (Å²) in [5, 5.41) is 1.05. The molecule has 2 aromatic heterocycles. The molecule has 1 aliphatic heterocycles. The molecule has 1 fully saturated rings. The van der Waals surface area contributed by atoms with Crippen LogP contribution in [-0.2, 0) is 16.3 Å². The van der Waals surface area contributed by atoms with E-state index in [1.165, 1.54) is 16.8 Å². The molecule has 0 radical (unpaired) electrons. The van der Waals surface area contributed by atoms with Crippen molar-refractivity contribution in [2.75, 3.05) is 6.61 Å². The minimum Gasteiger partial charge on any atom is -0.449 e. The number of nitrogens with one attached hydrogen (secondary N) is 1. The lowest BCUT2D eigenvalue weighted by atomic mass is 10.1. The molecular formula is C19H22N3O5P. The van der Waals surface area contributed by atoms with Gasteiger partial charge in [-0.05, 0) is 24.6 Å². The minimum absolute atomic E-state index is 0.125. The van der Waals surface area contributed by atoms with Crippen molar-refractivity contribution in [3.05, 3.63) is 63.6 Å². The summed E-state index contributed by atoms with van der Waals surface area (Å²) in [7, 11) is 1.84. The number of aromatic nitrogens is 3. The van der Waals surface area contributed by atoms with E-state index in [4.69, 9.17) is 13.8 Å². The first kappa shape index (κ1) is 18.9. The van der Waals surface area contributed by atoms with Crippen LogP contribution in [-0.4, -0.2) is 26.8 Å². The van der Waals surface area contributed by atoms with Crippen LogP contribution < -0.4 is 15.8 Å². The lowest BCUT2D eigenvalue weighted by molar-refractivity contribution is -0.0285. The summed E-state index contributed by atoms with van der Waals surface area (Å²) in [5.74, 6) is 0.911. The predicted octanol–water partition coefficient (Wildman–Crippen LogP) is 2.56. The number of H-pyrrole nitrogens is 1. The molecule has 0 spiro atoms. The second-order valence-corrected chi connectivity index (χ2v) is 7.65. The molecule has 0 aliphatic carbocycles. The highest BCUT2D eigenvalue weighted by Crippen LogP contribution is 2.35. The third-order valence-corrected chi connectivity index (χ3v) is 5.53. The van der Waals surface area contributed by atoms with Gasteiger partial charge in [0.1, 0.15) is 12.0 Å². The summed E-state index contributed by atoms with van der Waals surface area (Å²) in [6.07, 6.45) is 3.67. The van der Waals surface area contributed by atoms with Crippen molar-refractivity contribution in [3.8, 4) is 5.75 Å². The summed E-state index contributed by atoms with van der Waals surface area (Å²) in [6.45, 7) is 2.39. The second kappa shape index (κ2) is 7.91. The lowest BCUT2D eigenvalue weighted by Crippen LogP contribution is -2.33. The monoisotopic (exact) mass is 403 g/mol. The molecule has 0 saturated carbocycles. The first-order valence-electron chi connectivity index (χ1n) is 9.07. The lowest BCUT2D eigenvalue weighted by Gasteiger charge is -2.17. The molecule has 1 N–H and O–H groups in total. The highest BCUT2D eigenvalue weighted by atomic mass is 31.1. The topological polar surface area (TPSA) is 87.5 Å². The van der Waals surface area contributed by atoms with Crippen LogP contribution in [0.3, 0.4) is 0 Å². The van der Waals surface area contributed by atoms with E-state index in [0.717, 1.165) is 23.1 Å². The average molecular weight is 403 g/mol. The molecular weight excluding hydrogens is 381 g/mol. The molecule has 3 heterocycles. The van der Waals surface area contributed by atoms with Gasteiger partial charge < -0.3 is 18.4 Å². The first-order chi connectivity index (χ1) is 13.5. The summed E-state index contributed by atoms with van der Waals surface area (Å²) >= 11 is 0. The van der Waals surface area contributed by atoms with Gasteiger partial charge in [-0.2, -0.15) is 0 Å². The van der Waals surface area contributed by atoms with E-state index in [2.05, 4.69) is 4.98 Å². The van der Waals surface area contributed by atoms with Gasteiger partial charge in [-0.25, -0.2) is 4.79 Å². The predicted molar refractivity (Wildman–Crippen MR) is 107 cm³/mol. The molecule has 1 saturated heterocycles. The Bertz CT molecular complexity index is 1090. The van der Waals surface area contributed by atoms with Gasteiger partial charge in [0, 0.05) is 36.8 Å². The van der Waals surface area contributed by atoms with Crippen molar-refractivity contribution >= 4 is 19.9 Å². The third kappa shape index (κ3) is 3.76. The summed E-state index contributed by atoms with van der Waals surface area (Å²) in [4.78, 5) is 25.5. The molecule has 0 amide bonds. The zero-order valence-corrected chi connectivity index (χ0v) is 16.6. The van der Waals surface area contributed by atoms with Crippen LogP contribution >= 0.6 is 9.03 Å². The maximum absolute atomic E-state index is 12.0.